The van der Waals surface area contributed by atoms with Crippen LogP contribution in [-0.4, -0.2) is 23.3 Å². The molecule has 2 rings (SSSR count). The van der Waals surface area contributed by atoms with E-state index in [-0.39, 0.29) is 6.04 Å². The SMILES string of the molecule is CCCNC(C)c1nnc(NCCCC2CCCC2)o1. The molecular formula is C15H28N4O. The summed E-state index contributed by atoms with van der Waals surface area (Å²) in [5.74, 6) is 1.62. The molecule has 20 heavy (non-hydrogen) atoms. The second kappa shape index (κ2) is 8.25. The van der Waals surface area contributed by atoms with Crippen LogP contribution in [0.1, 0.15) is 70.7 Å². The molecule has 1 saturated carbocycles. The minimum atomic E-state index is 0.122. The predicted octanol–water partition coefficient (Wildman–Crippen LogP) is 3.51. The van der Waals surface area contributed by atoms with Crippen molar-refractivity contribution in [2.45, 2.75) is 64.8 Å². The monoisotopic (exact) mass is 280 g/mol. The van der Waals surface area contributed by atoms with Crippen molar-refractivity contribution >= 4 is 6.01 Å². The molecule has 1 aliphatic rings. The van der Waals surface area contributed by atoms with E-state index in [4.69, 9.17) is 4.42 Å². The zero-order valence-corrected chi connectivity index (χ0v) is 12.8. The van der Waals surface area contributed by atoms with Gasteiger partial charge < -0.3 is 15.1 Å². The summed E-state index contributed by atoms with van der Waals surface area (Å²) in [7, 11) is 0. The highest BCUT2D eigenvalue weighted by Crippen LogP contribution is 2.28. The smallest absolute Gasteiger partial charge is 0.315 e. The summed E-state index contributed by atoms with van der Waals surface area (Å²) in [6.07, 6.45) is 9.30. The largest absolute Gasteiger partial charge is 0.406 e. The van der Waals surface area contributed by atoms with Crippen LogP contribution in [0.15, 0.2) is 4.42 Å². The van der Waals surface area contributed by atoms with Gasteiger partial charge in [0, 0.05) is 6.54 Å². The van der Waals surface area contributed by atoms with Gasteiger partial charge >= 0.3 is 6.01 Å². The molecule has 5 nitrogen and oxygen atoms in total. The maximum Gasteiger partial charge on any atom is 0.315 e. The predicted molar refractivity (Wildman–Crippen MR) is 80.7 cm³/mol. The number of anilines is 1. The molecule has 0 radical (unpaired) electrons. The quantitative estimate of drug-likeness (QED) is 0.678. The van der Waals surface area contributed by atoms with Crippen molar-refractivity contribution in [1.82, 2.24) is 15.5 Å². The molecule has 0 amide bonds. The lowest BCUT2D eigenvalue weighted by Gasteiger charge is -2.08. The van der Waals surface area contributed by atoms with E-state index in [1.165, 1.54) is 38.5 Å². The maximum absolute atomic E-state index is 5.62. The van der Waals surface area contributed by atoms with E-state index in [2.05, 4.69) is 27.8 Å². The average Bonchev–Trinajstić information content (AvgIpc) is 3.12. The molecule has 5 heteroatoms. The molecule has 0 spiro atoms. The Morgan fingerprint density at radius 3 is 2.80 bits per heavy atom. The Morgan fingerprint density at radius 1 is 1.25 bits per heavy atom. The second-order valence-electron chi connectivity index (χ2n) is 5.84. The van der Waals surface area contributed by atoms with Crippen molar-refractivity contribution in [1.29, 1.82) is 0 Å². The van der Waals surface area contributed by atoms with Crippen molar-refractivity contribution in [2.75, 3.05) is 18.4 Å². The van der Waals surface area contributed by atoms with Gasteiger partial charge in [-0.1, -0.05) is 37.7 Å². The summed E-state index contributed by atoms with van der Waals surface area (Å²) < 4.78 is 5.62. The summed E-state index contributed by atoms with van der Waals surface area (Å²) in [6.45, 7) is 6.08. The lowest BCUT2D eigenvalue weighted by molar-refractivity contribution is 0.422. The van der Waals surface area contributed by atoms with Crippen molar-refractivity contribution in [3.63, 3.8) is 0 Å². The third-order valence-electron chi connectivity index (χ3n) is 4.05. The fraction of sp³-hybridized carbons (Fsp3) is 0.867. The van der Waals surface area contributed by atoms with Crippen LogP contribution < -0.4 is 10.6 Å². The molecule has 1 fully saturated rings. The van der Waals surface area contributed by atoms with Gasteiger partial charge in [-0.25, -0.2) is 0 Å². The van der Waals surface area contributed by atoms with Crippen LogP contribution in [-0.2, 0) is 0 Å². The Hall–Kier alpha value is -1.10. The standard InChI is InChI=1S/C15H28N4O/c1-3-10-16-12(2)14-18-19-15(20-14)17-11-6-9-13-7-4-5-8-13/h12-13,16H,3-11H2,1-2H3,(H,17,19). The van der Waals surface area contributed by atoms with Gasteiger partial charge in [-0.2, -0.15) is 0 Å². The summed E-state index contributed by atoms with van der Waals surface area (Å²) in [4.78, 5) is 0. The van der Waals surface area contributed by atoms with Gasteiger partial charge in [-0.3, -0.25) is 0 Å². The average molecular weight is 280 g/mol. The third kappa shape index (κ3) is 4.78. The molecule has 114 valence electrons. The maximum atomic E-state index is 5.62. The minimum absolute atomic E-state index is 0.122. The molecule has 1 aromatic rings. The lowest BCUT2D eigenvalue weighted by atomic mass is 10.0. The van der Waals surface area contributed by atoms with Gasteiger partial charge in [0.05, 0.1) is 6.04 Å². The molecule has 0 aromatic carbocycles. The van der Waals surface area contributed by atoms with Gasteiger partial charge in [0.25, 0.3) is 0 Å². The first-order valence-electron chi connectivity index (χ1n) is 8.10. The highest BCUT2D eigenvalue weighted by molar-refractivity contribution is 5.16. The van der Waals surface area contributed by atoms with E-state index >= 15 is 0 Å². The minimum Gasteiger partial charge on any atom is -0.406 e. The summed E-state index contributed by atoms with van der Waals surface area (Å²) in [5, 5.41) is 14.7. The van der Waals surface area contributed by atoms with Crippen LogP contribution in [0, 0.1) is 5.92 Å². The fourth-order valence-electron chi connectivity index (χ4n) is 2.81. The van der Waals surface area contributed by atoms with Gasteiger partial charge in [0.2, 0.25) is 5.89 Å². The Labute approximate surface area is 121 Å². The number of nitrogens with one attached hydrogen (secondary N) is 2. The summed E-state index contributed by atoms with van der Waals surface area (Å²) >= 11 is 0. The van der Waals surface area contributed by atoms with Crippen molar-refractivity contribution in [3.8, 4) is 0 Å². The molecule has 1 unspecified atom stereocenters. The second-order valence-corrected chi connectivity index (χ2v) is 5.84. The molecule has 0 aliphatic heterocycles. The van der Waals surface area contributed by atoms with Gasteiger partial charge in [0.15, 0.2) is 0 Å². The first kappa shape index (κ1) is 15.3. The van der Waals surface area contributed by atoms with Crippen LogP contribution >= 0.6 is 0 Å². The first-order valence-corrected chi connectivity index (χ1v) is 8.10. The molecule has 1 atom stereocenters. The van der Waals surface area contributed by atoms with Crippen molar-refractivity contribution in [3.05, 3.63) is 5.89 Å². The number of hydrogen-bond acceptors (Lipinski definition) is 5. The van der Waals surface area contributed by atoms with E-state index in [1.807, 2.05) is 6.92 Å². The van der Waals surface area contributed by atoms with Gasteiger partial charge in [-0.05, 0) is 38.6 Å². The third-order valence-corrected chi connectivity index (χ3v) is 4.05. The van der Waals surface area contributed by atoms with E-state index < -0.39 is 0 Å². The molecule has 1 heterocycles. The number of aromatic nitrogens is 2. The Balaban J connectivity index is 1.64. The molecule has 0 bridgehead atoms. The zero-order chi connectivity index (χ0) is 14.2. The molecule has 1 aliphatic carbocycles. The zero-order valence-electron chi connectivity index (χ0n) is 12.8. The van der Waals surface area contributed by atoms with Crippen molar-refractivity contribution in [2.24, 2.45) is 5.92 Å². The van der Waals surface area contributed by atoms with Gasteiger partial charge in [-0.15, -0.1) is 5.10 Å². The van der Waals surface area contributed by atoms with Gasteiger partial charge in [0.1, 0.15) is 0 Å². The Kier molecular flexibility index (Phi) is 6.30. The molecule has 0 saturated heterocycles. The van der Waals surface area contributed by atoms with E-state index in [9.17, 15) is 0 Å². The van der Waals surface area contributed by atoms with Crippen LogP contribution in [0.5, 0.6) is 0 Å². The summed E-state index contributed by atoms with van der Waals surface area (Å²) in [5.41, 5.74) is 0. The van der Waals surface area contributed by atoms with E-state index in [0.717, 1.165) is 25.4 Å². The molecule has 2 N–H and O–H groups in total. The number of hydrogen-bond donors (Lipinski definition) is 2. The van der Waals surface area contributed by atoms with E-state index in [0.29, 0.717) is 11.9 Å². The number of nitrogens with zero attached hydrogens (tertiary/aromatic N) is 2. The van der Waals surface area contributed by atoms with Crippen LogP contribution in [0.3, 0.4) is 0 Å². The van der Waals surface area contributed by atoms with E-state index in [1.54, 1.807) is 0 Å². The highest BCUT2D eigenvalue weighted by atomic mass is 16.4. The Bertz CT molecular complexity index is 374. The lowest BCUT2D eigenvalue weighted by Crippen LogP contribution is -2.19. The first-order chi connectivity index (χ1) is 9.79. The van der Waals surface area contributed by atoms with Crippen molar-refractivity contribution < 1.29 is 4.42 Å². The molecular weight excluding hydrogens is 252 g/mol. The van der Waals surface area contributed by atoms with Crippen LogP contribution in [0.4, 0.5) is 6.01 Å². The fourth-order valence-corrected chi connectivity index (χ4v) is 2.81. The topological polar surface area (TPSA) is 63.0 Å². The van der Waals surface area contributed by atoms with Crippen LogP contribution in [0.25, 0.3) is 0 Å². The summed E-state index contributed by atoms with van der Waals surface area (Å²) in [6, 6.07) is 0.674. The Morgan fingerprint density at radius 2 is 2.05 bits per heavy atom. The molecule has 1 aromatic heterocycles. The normalized spacial score (nSPS) is 17.5. The van der Waals surface area contributed by atoms with Crippen LogP contribution in [0.2, 0.25) is 0 Å². The highest BCUT2D eigenvalue weighted by Gasteiger charge is 2.15. The number of rotatable bonds is 9.